The Kier molecular flexibility index (Phi) is 9.68. The van der Waals surface area contributed by atoms with E-state index < -0.39 is 17.6 Å². The summed E-state index contributed by atoms with van der Waals surface area (Å²) in [6.07, 6.45) is 3.56. The highest BCUT2D eigenvalue weighted by atomic mass is 35.5. The molecule has 1 aliphatic heterocycles. The number of aromatic nitrogens is 1. The predicted octanol–water partition coefficient (Wildman–Crippen LogP) is 7.43. The molecule has 0 spiro atoms. The molecule has 5 nitrogen and oxygen atoms in total. The van der Waals surface area contributed by atoms with Gasteiger partial charge in [-0.15, -0.1) is 11.8 Å². The molecule has 0 aliphatic carbocycles. The molecule has 0 radical (unpaired) electrons. The molecule has 1 atom stereocenters. The quantitative estimate of drug-likeness (QED) is 0.189. The lowest BCUT2D eigenvalue weighted by Crippen LogP contribution is -2.41. The topological polar surface area (TPSA) is 62.7 Å². The second-order valence-corrected chi connectivity index (χ2v) is 11.4. The maximum Gasteiger partial charge on any atom is 0.303 e. The van der Waals surface area contributed by atoms with E-state index in [4.69, 9.17) is 16.3 Å². The molecule has 8 heteroatoms. The number of piperidine rings is 1. The number of likely N-dealkylation sites (tertiary alicyclic amines) is 1. The van der Waals surface area contributed by atoms with E-state index in [1.54, 1.807) is 25.3 Å². The molecular weight excluding hydrogens is 511 g/mol. The number of alkyl halides is 1. The molecule has 1 saturated heterocycles. The number of methoxy groups -OCH3 is 1. The number of pyridine rings is 1. The second-order valence-electron chi connectivity index (χ2n) is 9.84. The standard InChI is InChI=1S/C29H34ClFN2O3S/c1-36-21-8-9-26-23(18-21)28(24(30)20-32-26)25(31)10-11-29(19-27(34)35)12-15-33(16-13-29)14-5-17-37-22-6-3-2-4-7-22/h2-4,6-9,18,20,25H,5,10-17,19H2,1H3,(H,34,35)/t25-/m1/s1. The van der Waals surface area contributed by atoms with Crippen LogP contribution in [0.5, 0.6) is 5.75 Å². The van der Waals surface area contributed by atoms with Crippen molar-refractivity contribution in [1.29, 1.82) is 0 Å². The summed E-state index contributed by atoms with van der Waals surface area (Å²) < 4.78 is 21.0. The van der Waals surface area contributed by atoms with Crippen molar-refractivity contribution in [2.45, 2.75) is 49.6 Å². The number of fused-ring (bicyclic) bond motifs is 1. The number of hydrogen-bond donors (Lipinski definition) is 1. The third-order valence-corrected chi connectivity index (χ3v) is 8.78. The lowest BCUT2D eigenvalue weighted by Gasteiger charge is -2.41. The summed E-state index contributed by atoms with van der Waals surface area (Å²) in [6, 6.07) is 15.7. The number of ether oxygens (including phenoxy) is 1. The van der Waals surface area contributed by atoms with Crippen molar-refractivity contribution in [1.82, 2.24) is 9.88 Å². The normalized spacial score (nSPS) is 16.5. The van der Waals surface area contributed by atoms with E-state index in [-0.39, 0.29) is 17.9 Å². The molecule has 0 unspecified atom stereocenters. The zero-order chi connectivity index (χ0) is 26.3. The summed E-state index contributed by atoms with van der Waals surface area (Å²) in [5.41, 5.74) is 0.657. The second kappa shape index (κ2) is 12.9. The number of hydrogen-bond acceptors (Lipinski definition) is 5. The Bertz CT molecular complexity index is 1190. The SMILES string of the molecule is COc1ccc2ncc(Cl)c([C@H](F)CCC3(CC(=O)O)CCN(CCCSc4ccccc4)CC3)c2c1. The van der Waals surface area contributed by atoms with E-state index in [2.05, 4.69) is 34.1 Å². The number of benzene rings is 2. The van der Waals surface area contributed by atoms with Gasteiger partial charge >= 0.3 is 5.97 Å². The van der Waals surface area contributed by atoms with Crippen LogP contribution in [-0.2, 0) is 4.79 Å². The minimum atomic E-state index is -1.32. The number of thioether (sulfide) groups is 1. The molecule has 0 bridgehead atoms. The van der Waals surface area contributed by atoms with Gasteiger partial charge in [-0.25, -0.2) is 4.39 Å². The molecule has 2 heterocycles. The van der Waals surface area contributed by atoms with Crippen LogP contribution in [0.3, 0.4) is 0 Å². The van der Waals surface area contributed by atoms with Gasteiger partial charge in [0.15, 0.2) is 0 Å². The molecule has 0 amide bonds. The van der Waals surface area contributed by atoms with Gasteiger partial charge in [0.1, 0.15) is 11.9 Å². The summed E-state index contributed by atoms with van der Waals surface area (Å²) in [7, 11) is 1.57. The Hall–Kier alpha value is -2.35. The first-order valence-corrected chi connectivity index (χ1v) is 14.1. The average Bonchev–Trinajstić information content (AvgIpc) is 2.90. The monoisotopic (exact) mass is 544 g/mol. The minimum Gasteiger partial charge on any atom is -0.497 e. The Morgan fingerprint density at radius 2 is 2.00 bits per heavy atom. The van der Waals surface area contributed by atoms with Gasteiger partial charge in [-0.1, -0.05) is 29.8 Å². The van der Waals surface area contributed by atoms with Crippen LogP contribution in [0, 0.1) is 5.41 Å². The van der Waals surface area contributed by atoms with Crippen LogP contribution in [-0.4, -0.2) is 53.5 Å². The van der Waals surface area contributed by atoms with Crippen molar-refractivity contribution in [3.8, 4) is 5.75 Å². The first-order valence-electron chi connectivity index (χ1n) is 12.8. The predicted molar refractivity (Wildman–Crippen MR) is 149 cm³/mol. The lowest BCUT2D eigenvalue weighted by molar-refractivity contribution is -0.141. The van der Waals surface area contributed by atoms with Crippen molar-refractivity contribution in [3.05, 3.63) is 65.3 Å². The van der Waals surface area contributed by atoms with Gasteiger partial charge in [0.2, 0.25) is 0 Å². The highest BCUT2D eigenvalue weighted by Crippen LogP contribution is 2.44. The fraction of sp³-hybridized carbons (Fsp3) is 0.448. The number of carboxylic acids is 1. The Balaban J connectivity index is 1.35. The largest absolute Gasteiger partial charge is 0.497 e. The van der Waals surface area contributed by atoms with Crippen LogP contribution in [0.15, 0.2) is 59.6 Å². The summed E-state index contributed by atoms with van der Waals surface area (Å²) in [5.74, 6) is 0.845. The summed E-state index contributed by atoms with van der Waals surface area (Å²) in [4.78, 5) is 19.8. The number of rotatable bonds is 12. The van der Waals surface area contributed by atoms with E-state index in [0.717, 1.165) is 44.6 Å². The maximum atomic E-state index is 15.7. The maximum absolute atomic E-state index is 15.7. The highest BCUT2D eigenvalue weighted by molar-refractivity contribution is 7.99. The van der Waals surface area contributed by atoms with Crippen LogP contribution >= 0.6 is 23.4 Å². The number of carbonyl (C=O) groups is 1. The number of carboxylic acid groups (broad SMARTS) is 1. The first kappa shape index (κ1) is 27.7. The molecule has 198 valence electrons. The van der Waals surface area contributed by atoms with Crippen molar-refractivity contribution >= 4 is 40.2 Å². The molecule has 1 aliphatic rings. The van der Waals surface area contributed by atoms with Crippen LogP contribution in [0.25, 0.3) is 10.9 Å². The molecule has 1 fully saturated rings. The average molecular weight is 545 g/mol. The van der Waals surface area contributed by atoms with Crippen molar-refractivity contribution < 1.29 is 19.0 Å². The Morgan fingerprint density at radius 3 is 2.70 bits per heavy atom. The van der Waals surface area contributed by atoms with E-state index in [9.17, 15) is 9.90 Å². The fourth-order valence-electron chi connectivity index (χ4n) is 5.27. The van der Waals surface area contributed by atoms with Gasteiger partial charge in [0, 0.05) is 22.0 Å². The third kappa shape index (κ3) is 7.37. The van der Waals surface area contributed by atoms with Gasteiger partial charge in [0.25, 0.3) is 0 Å². The van der Waals surface area contributed by atoms with E-state index in [1.165, 1.54) is 11.1 Å². The fourth-order valence-corrected chi connectivity index (χ4v) is 6.40. The molecule has 37 heavy (non-hydrogen) atoms. The molecule has 3 aromatic rings. The van der Waals surface area contributed by atoms with Crippen molar-refractivity contribution in [2.75, 3.05) is 32.5 Å². The Morgan fingerprint density at radius 1 is 1.24 bits per heavy atom. The Labute approximate surface area is 227 Å². The molecule has 1 N–H and O–H groups in total. The smallest absolute Gasteiger partial charge is 0.303 e. The van der Waals surface area contributed by atoms with Crippen LogP contribution in [0.2, 0.25) is 5.02 Å². The van der Waals surface area contributed by atoms with Crippen LogP contribution in [0.4, 0.5) is 4.39 Å². The molecule has 1 aromatic heterocycles. The summed E-state index contributed by atoms with van der Waals surface area (Å²) in [5, 5.41) is 10.6. The molecule has 0 saturated carbocycles. The molecule has 2 aromatic carbocycles. The number of halogens is 2. The van der Waals surface area contributed by atoms with Crippen molar-refractivity contribution in [2.24, 2.45) is 5.41 Å². The van der Waals surface area contributed by atoms with E-state index in [0.29, 0.717) is 28.6 Å². The van der Waals surface area contributed by atoms with E-state index >= 15 is 4.39 Å². The lowest BCUT2D eigenvalue weighted by atomic mass is 9.71. The van der Waals surface area contributed by atoms with Crippen LogP contribution in [0.1, 0.15) is 50.3 Å². The first-order chi connectivity index (χ1) is 17.9. The minimum absolute atomic E-state index is 0.0655. The summed E-state index contributed by atoms with van der Waals surface area (Å²) in [6.45, 7) is 2.68. The van der Waals surface area contributed by atoms with Gasteiger partial charge < -0.3 is 14.7 Å². The summed E-state index contributed by atoms with van der Waals surface area (Å²) >= 11 is 8.27. The number of aliphatic carboxylic acids is 1. The number of nitrogens with zero attached hydrogens (tertiary/aromatic N) is 2. The van der Waals surface area contributed by atoms with Gasteiger partial charge in [-0.05, 0) is 93.2 Å². The zero-order valence-electron chi connectivity index (χ0n) is 21.2. The van der Waals surface area contributed by atoms with Gasteiger partial charge in [-0.2, -0.15) is 0 Å². The van der Waals surface area contributed by atoms with Crippen LogP contribution < -0.4 is 4.74 Å². The van der Waals surface area contributed by atoms with Gasteiger partial charge in [0.05, 0.1) is 24.1 Å². The zero-order valence-corrected chi connectivity index (χ0v) is 22.7. The molecular formula is C29H34ClFN2O3S. The third-order valence-electron chi connectivity index (χ3n) is 7.38. The van der Waals surface area contributed by atoms with Crippen molar-refractivity contribution in [3.63, 3.8) is 0 Å². The highest BCUT2D eigenvalue weighted by Gasteiger charge is 2.37. The molecule has 4 rings (SSSR count). The van der Waals surface area contributed by atoms with Gasteiger partial charge in [-0.3, -0.25) is 9.78 Å². The van der Waals surface area contributed by atoms with E-state index in [1.807, 2.05) is 17.8 Å².